The molecular weight excluding hydrogens is 522 g/mol. The van der Waals surface area contributed by atoms with Crippen molar-refractivity contribution in [1.29, 1.82) is 0 Å². The Bertz CT molecular complexity index is 1210. The smallest absolute Gasteiger partial charge is 0.428 e. The summed E-state index contributed by atoms with van der Waals surface area (Å²) in [5.74, 6) is -0.478. The first-order valence-electron chi connectivity index (χ1n) is 12.4. The number of nitrogens with zero attached hydrogens (tertiary/aromatic N) is 1. The molecule has 0 aliphatic heterocycles. The van der Waals surface area contributed by atoms with Crippen molar-refractivity contribution in [2.24, 2.45) is 0 Å². The molecule has 1 fully saturated rings. The predicted molar refractivity (Wildman–Crippen MR) is 137 cm³/mol. The summed E-state index contributed by atoms with van der Waals surface area (Å²) in [6.07, 6.45) is -2.27. The standard InChI is InChI=1S/C28H28ClF4N3O2/c29-21-14-15-24(34-18-21)27(17-19-8-3-1-4-9-19,36-26(37)35-22-11-5-2-6-12-22)20-10-7-13-23(16-20)38-28(32,33)25(30)31/h1,3-4,7-10,13-16,18,22,25H,2,5-6,11-12,17H2,(H2,35,36,37)/t27-/m0/s1. The van der Waals surface area contributed by atoms with Gasteiger partial charge in [-0.25, -0.2) is 4.79 Å². The van der Waals surface area contributed by atoms with Crippen molar-refractivity contribution in [3.8, 4) is 5.75 Å². The monoisotopic (exact) mass is 549 g/mol. The number of halogens is 5. The van der Waals surface area contributed by atoms with Crippen LogP contribution in [0.15, 0.2) is 72.9 Å². The lowest BCUT2D eigenvalue weighted by Crippen LogP contribution is -2.54. The number of urea groups is 1. The van der Waals surface area contributed by atoms with E-state index >= 15 is 0 Å². The van der Waals surface area contributed by atoms with E-state index in [1.54, 1.807) is 18.2 Å². The van der Waals surface area contributed by atoms with Crippen molar-refractivity contribution in [2.75, 3.05) is 0 Å². The number of nitrogens with one attached hydrogen (secondary N) is 2. The van der Waals surface area contributed by atoms with Gasteiger partial charge in [-0.2, -0.15) is 17.6 Å². The van der Waals surface area contributed by atoms with Gasteiger partial charge in [-0.05, 0) is 48.2 Å². The fourth-order valence-corrected chi connectivity index (χ4v) is 4.85. The van der Waals surface area contributed by atoms with Gasteiger partial charge in [0.05, 0.1) is 10.7 Å². The van der Waals surface area contributed by atoms with Gasteiger partial charge < -0.3 is 15.4 Å². The molecule has 202 valence electrons. The number of pyridine rings is 1. The zero-order valence-corrected chi connectivity index (χ0v) is 21.2. The number of benzene rings is 2. The summed E-state index contributed by atoms with van der Waals surface area (Å²) >= 11 is 6.09. The lowest BCUT2D eigenvalue weighted by atomic mass is 9.80. The van der Waals surface area contributed by atoms with Gasteiger partial charge in [0.2, 0.25) is 0 Å². The maximum Gasteiger partial charge on any atom is 0.461 e. The first-order chi connectivity index (χ1) is 18.2. The number of carbonyl (C=O) groups excluding carboxylic acids is 1. The van der Waals surface area contributed by atoms with E-state index in [0.29, 0.717) is 16.3 Å². The van der Waals surface area contributed by atoms with Crippen LogP contribution in [-0.2, 0) is 12.0 Å². The van der Waals surface area contributed by atoms with Crippen LogP contribution < -0.4 is 15.4 Å². The Kier molecular flexibility index (Phi) is 8.76. The minimum atomic E-state index is -4.69. The fourth-order valence-electron chi connectivity index (χ4n) is 4.74. The number of aromatic nitrogens is 1. The van der Waals surface area contributed by atoms with Crippen LogP contribution in [0.4, 0.5) is 22.4 Å². The largest absolute Gasteiger partial charge is 0.461 e. The van der Waals surface area contributed by atoms with Crippen LogP contribution in [0, 0.1) is 0 Å². The van der Waals surface area contributed by atoms with Crippen molar-refractivity contribution in [2.45, 2.75) is 62.6 Å². The molecule has 1 saturated carbocycles. The van der Waals surface area contributed by atoms with Crippen LogP contribution in [0.5, 0.6) is 5.75 Å². The Morgan fingerprint density at radius 2 is 1.76 bits per heavy atom. The Morgan fingerprint density at radius 1 is 1.03 bits per heavy atom. The van der Waals surface area contributed by atoms with Crippen LogP contribution in [-0.4, -0.2) is 29.6 Å². The Balaban J connectivity index is 1.80. The number of hydrogen-bond acceptors (Lipinski definition) is 3. The van der Waals surface area contributed by atoms with Crippen molar-refractivity contribution in [3.05, 3.63) is 94.8 Å². The molecule has 1 aromatic heterocycles. The van der Waals surface area contributed by atoms with Crippen molar-refractivity contribution in [3.63, 3.8) is 0 Å². The highest BCUT2D eigenvalue weighted by Gasteiger charge is 2.44. The third-order valence-electron chi connectivity index (χ3n) is 6.58. The van der Waals surface area contributed by atoms with E-state index in [1.807, 2.05) is 30.3 Å². The summed E-state index contributed by atoms with van der Waals surface area (Å²) in [6.45, 7) is 0. The predicted octanol–water partition coefficient (Wildman–Crippen LogP) is 7.09. The van der Waals surface area contributed by atoms with E-state index in [4.69, 9.17) is 11.6 Å². The van der Waals surface area contributed by atoms with Crippen LogP contribution in [0.2, 0.25) is 5.02 Å². The summed E-state index contributed by atoms with van der Waals surface area (Å²) in [6, 6.07) is 17.4. The molecule has 4 rings (SSSR count). The molecule has 0 spiro atoms. The van der Waals surface area contributed by atoms with Gasteiger partial charge in [-0.1, -0.05) is 73.3 Å². The molecular formula is C28H28ClF4N3O2. The number of ether oxygens (including phenoxy) is 1. The first kappa shape index (κ1) is 27.7. The van der Waals surface area contributed by atoms with Crippen molar-refractivity contribution >= 4 is 17.6 Å². The van der Waals surface area contributed by atoms with Gasteiger partial charge in [-0.3, -0.25) is 4.98 Å². The third kappa shape index (κ3) is 6.75. The van der Waals surface area contributed by atoms with Gasteiger partial charge in [0.25, 0.3) is 0 Å². The second-order valence-electron chi connectivity index (χ2n) is 9.36. The molecule has 10 heteroatoms. The van der Waals surface area contributed by atoms with E-state index in [0.717, 1.165) is 43.7 Å². The van der Waals surface area contributed by atoms with Gasteiger partial charge in [0.1, 0.15) is 11.3 Å². The molecule has 5 nitrogen and oxygen atoms in total. The average molecular weight is 550 g/mol. The zero-order valence-electron chi connectivity index (χ0n) is 20.5. The van der Waals surface area contributed by atoms with Gasteiger partial charge >= 0.3 is 18.6 Å². The van der Waals surface area contributed by atoms with Crippen LogP contribution in [0.1, 0.15) is 48.9 Å². The first-order valence-corrected chi connectivity index (χ1v) is 12.8. The summed E-state index contributed by atoms with van der Waals surface area (Å²) < 4.78 is 57.6. The van der Waals surface area contributed by atoms with Crippen molar-refractivity contribution < 1.29 is 27.1 Å². The lowest BCUT2D eigenvalue weighted by Gasteiger charge is -2.36. The normalized spacial score (nSPS) is 16.1. The quantitative estimate of drug-likeness (QED) is 0.280. The molecule has 1 aliphatic rings. The fraction of sp³-hybridized carbons (Fsp3) is 0.357. The van der Waals surface area contributed by atoms with E-state index in [9.17, 15) is 22.4 Å². The summed E-state index contributed by atoms with van der Waals surface area (Å²) in [4.78, 5) is 17.9. The molecule has 0 bridgehead atoms. The van der Waals surface area contributed by atoms with Gasteiger partial charge in [0.15, 0.2) is 0 Å². The zero-order chi connectivity index (χ0) is 27.2. The van der Waals surface area contributed by atoms with E-state index in [1.165, 1.54) is 18.3 Å². The number of rotatable bonds is 9. The third-order valence-corrected chi connectivity index (χ3v) is 6.80. The Morgan fingerprint density at radius 3 is 2.42 bits per heavy atom. The minimum Gasteiger partial charge on any atom is -0.428 e. The summed E-state index contributed by atoms with van der Waals surface area (Å²) in [5, 5.41) is 6.43. The van der Waals surface area contributed by atoms with Crippen LogP contribution in [0.3, 0.4) is 0 Å². The summed E-state index contributed by atoms with van der Waals surface area (Å²) in [7, 11) is 0. The summed E-state index contributed by atoms with van der Waals surface area (Å²) in [5.41, 5.74) is 0.121. The SMILES string of the molecule is O=C(NC1CCCCC1)N[C@@](Cc1ccccc1)(c1cccc(OC(F)(F)C(F)F)c1)c1ccc(Cl)cn1. The number of carbonyl (C=O) groups is 1. The molecule has 2 amide bonds. The molecule has 0 radical (unpaired) electrons. The molecule has 1 aliphatic carbocycles. The number of amides is 2. The van der Waals surface area contributed by atoms with Gasteiger partial charge in [0, 0.05) is 18.7 Å². The molecule has 1 atom stereocenters. The maximum atomic E-state index is 13.8. The topological polar surface area (TPSA) is 63.2 Å². The molecule has 2 N–H and O–H groups in total. The molecule has 3 aromatic rings. The molecule has 2 aromatic carbocycles. The van der Waals surface area contributed by atoms with E-state index in [2.05, 4.69) is 20.4 Å². The van der Waals surface area contributed by atoms with Crippen molar-refractivity contribution in [1.82, 2.24) is 15.6 Å². The lowest BCUT2D eigenvalue weighted by molar-refractivity contribution is -0.253. The number of alkyl halides is 4. The highest BCUT2D eigenvalue weighted by molar-refractivity contribution is 6.30. The second-order valence-corrected chi connectivity index (χ2v) is 9.79. The number of hydrogen-bond donors (Lipinski definition) is 2. The molecule has 38 heavy (non-hydrogen) atoms. The van der Waals surface area contributed by atoms with E-state index < -0.39 is 29.9 Å². The maximum absolute atomic E-state index is 13.8. The highest BCUT2D eigenvalue weighted by Crippen LogP contribution is 2.36. The highest BCUT2D eigenvalue weighted by atomic mass is 35.5. The van der Waals surface area contributed by atoms with E-state index in [-0.39, 0.29) is 12.5 Å². The molecule has 0 unspecified atom stereocenters. The average Bonchev–Trinajstić information content (AvgIpc) is 2.89. The minimum absolute atomic E-state index is 0.00393. The van der Waals surface area contributed by atoms with Gasteiger partial charge in [-0.15, -0.1) is 0 Å². The Hall–Kier alpha value is -3.33. The molecule has 0 saturated heterocycles. The molecule has 1 heterocycles. The second kappa shape index (κ2) is 12.0. The van der Waals surface area contributed by atoms with Crippen LogP contribution in [0.25, 0.3) is 0 Å². The Labute approximate surface area is 223 Å². The van der Waals surface area contributed by atoms with Crippen LogP contribution >= 0.6 is 11.6 Å².